The molecule has 0 aliphatic heterocycles. The van der Waals surface area contributed by atoms with Gasteiger partial charge in [-0.1, -0.05) is 28.4 Å². The Bertz CT molecular complexity index is 1130. The minimum absolute atomic E-state index is 0.0144. The predicted octanol–water partition coefficient (Wildman–Crippen LogP) is 1.45. The highest BCUT2D eigenvalue weighted by Gasteiger charge is 2.17. The van der Waals surface area contributed by atoms with Crippen LogP contribution in [0.25, 0.3) is 0 Å². The number of hydrogen-bond donors (Lipinski definition) is 2. The number of nitro groups is 1. The molecule has 15 heteroatoms. The van der Waals surface area contributed by atoms with Crippen LogP contribution in [0.1, 0.15) is 16.5 Å². The van der Waals surface area contributed by atoms with Gasteiger partial charge in [-0.3, -0.25) is 9.59 Å². The van der Waals surface area contributed by atoms with Gasteiger partial charge in [0.2, 0.25) is 0 Å². The van der Waals surface area contributed by atoms with Crippen molar-refractivity contribution in [2.75, 3.05) is 19.7 Å². The average molecular weight is 484 g/mol. The monoisotopic (exact) mass is 483 g/mol. The minimum Gasteiger partial charge on any atom is -0.484 e. The molecule has 3 rings (SSSR count). The molecule has 0 radical (unpaired) electrons. The second-order valence-corrected chi connectivity index (χ2v) is 6.93. The maximum Gasteiger partial charge on any atom is 0.389 e. The molecule has 1 aromatic carbocycles. The van der Waals surface area contributed by atoms with Crippen molar-refractivity contribution < 1.29 is 23.8 Å². The van der Waals surface area contributed by atoms with Gasteiger partial charge in [0.1, 0.15) is 12.3 Å². The van der Waals surface area contributed by atoms with E-state index in [2.05, 4.69) is 25.9 Å². The Morgan fingerprint density at radius 3 is 2.69 bits per heavy atom. The lowest BCUT2D eigenvalue weighted by Crippen LogP contribution is -2.36. The number of halogens is 2. The normalized spacial score (nSPS) is 10.6. The van der Waals surface area contributed by atoms with E-state index in [1.54, 1.807) is 12.1 Å². The average Bonchev–Trinajstić information content (AvgIpc) is 3.42. The van der Waals surface area contributed by atoms with Crippen molar-refractivity contribution in [1.82, 2.24) is 30.6 Å². The van der Waals surface area contributed by atoms with Gasteiger partial charge in [0.25, 0.3) is 5.91 Å². The van der Waals surface area contributed by atoms with Crippen LogP contribution in [-0.2, 0) is 11.3 Å². The van der Waals surface area contributed by atoms with Gasteiger partial charge in [-0.25, -0.2) is 0 Å². The van der Waals surface area contributed by atoms with Crippen LogP contribution in [0, 0.1) is 10.1 Å². The van der Waals surface area contributed by atoms with Gasteiger partial charge in [0.05, 0.1) is 27.4 Å². The van der Waals surface area contributed by atoms with Gasteiger partial charge in [-0.05, 0) is 17.1 Å². The molecule has 0 atom stereocenters. The van der Waals surface area contributed by atoms with Crippen molar-refractivity contribution in [3.8, 4) is 5.75 Å². The van der Waals surface area contributed by atoms with Crippen molar-refractivity contribution in [3.05, 3.63) is 62.3 Å². The molecule has 2 aromatic heterocycles. The third-order valence-corrected chi connectivity index (χ3v) is 4.51. The topological polar surface area (TPSA) is 167 Å². The maximum atomic E-state index is 12.0. The maximum absolute atomic E-state index is 12.0. The second-order valence-electron chi connectivity index (χ2n) is 6.11. The fourth-order valence-electron chi connectivity index (χ4n) is 2.31. The molecule has 168 valence electrons. The van der Waals surface area contributed by atoms with Crippen molar-refractivity contribution in [3.63, 3.8) is 0 Å². The summed E-state index contributed by atoms with van der Waals surface area (Å²) in [5, 5.41) is 23.7. The van der Waals surface area contributed by atoms with E-state index >= 15 is 0 Å². The number of hydrogen-bond acceptors (Lipinski definition) is 9. The number of benzene rings is 1. The molecule has 0 aliphatic rings. The number of rotatable bonds is 10. The molecular weight excluding hydrogens is 469 g/mol. The molecular formula is C17H15Cl2N7O6. The van der Waals surface area contributed by atoms with E-state index in [0.717, 1.165) is 0 Å². The molecule has 13 nitrogen and oxygen atoms in total. The number of nitrogens with zero attached hydrogens (tertiary/aromatic N) is 5. The van der Waals surface area contributed by atoms with Crippen molar-refractivity contribution in [1.29, 1.82) is 0 Å². The van der Waals surface area contributed by atoms with Crippen LogP contribution in [0.5, 0.6) is 5.75 Å². The highest BCUT2D eigenvalue weighted by atomic mass is 35.5. The van der Waals surface area contributed by atoms with Gasteiger partial charge >= 0.3 is 17.6 Å². The van der Waals surface area contributed by atoms with Crippen LogP contribution in [0.2, 0.25) is 10.0 Å². The zero-order chi connectivity index (χ0) is 23.1. The summed E-state index contributed by atoms with van der Waals surface area (Å²) in [4.78, 5) is 37.7. The van der Waals surface area contributed by atoms with Crippen LogP contribution in [-0.4, -0.2) is 56.4 Å². The number of carbonyl (C=O) groups is 2. The molecule has 2 N–H and O–H groups in total. The van der Waals surface area contributed by atoms with Gasteiger partial charge in [-0.15, -0.1) is 0 Å². The molecule has 3 aromatic rings. The van der Waals surface area contributed by atoms with Crippen LogP contribution >= 0.6 is 23.2 Å². The Kier molecular flexibility index (Phi) is 7.57. The molecule has 0 aliphatic carbocycles. The summed E-state index contributed by atoms with van der Waals surface area (Å²) in [6.45, 7) is -0.0301. The Morgan fingerprint density at radius 2 is 1.97 bits per heavy atom. The number of nitrogens with one attached hydrogen (secondary N) is 2. The van der Waals surface area contributed by atoms with E-state index < -0.39 is 16.7 Å². The fourth-order valence-corrected chi connectivity index (χ4v) is 2.60. The molecule has 0 saturated carbocycles. The van der Waals surface area contributed by atoms with Crippen molar-refractivity contribution in [2.24, 2.45) is 0 Å². The number of aromatic nitrogens is 4. The summed E-state index contributed by atoms with van der Waals surface area (Å²) in [5.74, 6) is -1.16. The van der Waals surface area contributed by atoms with Gasteiger partial charge in [0.15, 0.2) is 12.4 Å². The molecule has 2 amide bonds. The van der Waals surface area contributed by atoms with Crippen LogP contribution in [0.4, 0.5) is 5.82 Å². The Labute approximate surface area is 189 Å². The zero-order valence-electron chi connectivity index (χ0n) is 16.2. The Balaban J connectivity index is 1.37. The van der Waals surface area contributed by atoms with Crippen molar-refractivity contribution >= 4 is 40.8 Å². The smallest absolute Gasteiger partial charge is 0.389 e. The van der Waals surface area contributed by atoms with Gasteiger partial charge in [0, 0.05) is 19.2 Å². The van der Waals surface area contributed by atoms with Crippen LogP contribution in [0.15, 0.2) is 35.0 Å². The Morgan fingerprint density at radius 1 is 1.19 bits per heavy atom. The van der Waals surface area contributed by atoms with E-state index in [1.165, 1.54) is 23.0 Å². The molecule has 0 fully saturated rings. The number of amides is 2. The van der Waals surface area contributed by atoms with Gasteiger partial charge in [-0.2, -0.15) is 9.67 Å². The van der Waals surface area contributed by atoms with E-state index in [-0.39, 0.29) is 43.8 Å². The first-order chi connectivity index (χ1) is 15.3. The first-order valence-corrected chi connectivity index (χ1v) is 9.70. The molecule has 0 bridgehead atoms. The first-order valence-electron chi connectivity index (χ1n) is 8.95. The van der Waals surface area contributed by atoms with Crippen LogP contribution in [0.3, 0.4) is 0 Å². The standard InChI is InChI=1S/C17H15Cl2N7O6/c18-11-2-1-10(7-12(11)19)31-9-15(27)20-4-5-21-16(28)17-22-13(24-32-17)8-25-6-3-14(23-25)26(29)30/h1-3,6-7H,4-5,8-9H2,(H,20,27)(H,21,28). The molecule has 0 unspecified atom stereocenters. The molecule has 2 heterocycles. The zero-order valence-corrected chi connectivity index (χ0v) is 17.7. The van der Waals surface area contributed by atoms with E-state index in [1.807, 2.05) is 0 Å². The summed E-state index contributed by atoms with van der Waals surface area (Å²) in [6, 6.07) is 5.84. The van der Waals surface area contributed by atoms with E-state index in [0.29, 0.717) is 15.8 Å². The minimum atomic E-state index is -0.642. The molecule has 0 saturated heterocycles. The summed E-state index contributed by atoms with van der Waals surface area (Å²) in [6.07, 6.45) is 1.38. The number of carbonyl (C=O) groups excluding carboxylic acids is 2. The SMILES string of the molecule is O=C(COc1ccc(Cl)c(Cl)c1)NCCNC(=O)c1nc(Cn2ccc([N+](=O)[O-])n2)no1. The highest BCUT2D eigenvalue weighted by molar-refractivity contribution is 6.42. The fraction of sp³-hybridized carbons (Fsp3) is 0.235. The molecule has 32 heavy (non-hydrogen) atoms. The lowest BCUT2D eigenvalue weighted by Gasteiger charge is -2.08. The first kappa shape index (κ1) is 23.0. The number of ether oxygens (including phenoxy) is 1. The second kappa shape index (κ2) is 10.5. The summed E-state index contributed by atoms with van der Waals surface area (Å²) >= 11 is 11.7. The molecule has 0 spiro atoms. The third-order valence-electron chi connectivity index (χ3n) is 3.77. The predicted molar refractivity (Wildman–Crippen MR) is 110 cm³/mol. The summed E-state index contributed by atoms with van der Waals surface area (Å²) in [7, 11) is 0. The van der Waals surface area contributed by atoms with Crippen LogP contribution < -0.4 is 15.4 Å². The largest absolute Gasteiger partial charge is 0.484 e. The lowest BCUT2D eigenvalue weighted by molar-refractivity contribution is -0.389. The Hall–Kier alpha value is -3.71. The third kappa shape index (κ3) is 6.39. The summed E-state index contributed by atoms with van der Waals surface area (Å²) < 4.78 is 11.4. The quantitative estimate of drug-likeness (QED) is 0.246. The van der Waals surface area contributed by atoms with E-state index in [4.69, 9.17) is 32.5 Å². The lowest BCUT2D eigenvalue weighted by atomic mass is 10.3. The highest BCUT2D eigenvalue weighted by Crippen LogP contribution is 2.26. The van der Waals surface area contributed by atoms with E-state index in [9.17, 15) is 19.7 Å². The van der Waals surface area contributed by atoms with Crippen molar-refractivity contribution in [2.45, 2.75) is 6.54 Å². The van der Waals surface area contributed by atoms with Gasteiger partial charge < -0.3 is 30.0 Å². The summed E-state index contributed by atoms with van der Waals surface area (Å²) in [5.41, 5.74) is 0.